The lowest BCUT2D eigenvalue weighted by Gasteiger charge is -2.05. The highest BCUT2D eigenvalue weighted by Crippen LogP contribution is 2.21. The van der Waals surface area contributed by atoms with Crippen LogP contribution in [-0.2, 0) is 0 Å². The van der Waals surface area contributed by atoms with Crippen LogP contribution in [0.5, 0.6) is 5.75 Å². The van der Waals surface area contributed by atoms with E-state index < -0.39 is 0 Å². The second kappa shape index (κ2) is 5.40. The molecule has 2 aromatic heterocycles. The predicted molar refractivity (Wildman–Crippen MR) is 75.9 cm³/mol. The van der Waals surface area contributed by atoms with Gasteiger partial charge in [0, 0.05) is 18.0 Å². The molecule has 0 atom stereocenters. The highest BCUT2D eigenvalue weighted by Gasteiger charge is 2.04. The Morgan fingerprint density at radius 3 is 2.70 bits per heavy atom. The van der Waals surface area contributed by atoms with Crippen molar-refractivity contribution in [3.05, 3.63) is 48.9 Å². The third-order valence-electron chi connectivity index (χ3n) is 2.77. The van der Waals surface area contributed by atoms with Crippen LogP contribution < -0.4 is 10.1 Å². The highest BCUT2D eigenvalue weighted by molar-refractivity contribution is 5.60. The topological polar surface area (TPSA) is 75.7 Å². The van der Waals surface area contributed by atoms with Crippen molar-refractivity contribution in [2.75, 3.05) is 12.4 Å². The number of nitrogens with zero attached hydrogens (tertiary/aromatic N) is 3. The largest absolute Gasteiger partial charge is 0.497 e. The third-order valence-corrected chi connectivity index (χ3v) is 2.77. The number of ether oxygens (including phenoxy) is 1. The molecule has 0 unspecified atom stereocenters. The number of methoxy groups -OCH3 is 1. The molecule has 0 amide bonds. The Hall–Kier alpha value is -2.89. The molecule has 0 radical (unpaired) electrons. The second-order valence-corrected chi connectivity index (χ2v) is 4.11. The van der Waals surface area contributed by atoms with Crippen molar-refractivity contribution in [3.63, 3.8) is 0 Å². The number of aromatic nitrogens is 4. The number of H-pyrrole nitrogens is 1. The molecule has 3 aromatic rings. The summed E-state index contributed by atoms with van der Waals surface area (Å²) in [6.45, 7) is 0. The Morgan fingerprint density at radius 1 is 1.15 bits per heavy atom. The lowest BCUT2D eigenvalue weighted by molar-refractivity contribution is 0.415. The van der Waals surface area contributed by atoms with Crippen molar-refractivity contribution in [2.24, 2.45) is 0 Å². The third kappa shape index (κ3) is 2.59. The molecule has 6 nitrogen and oxygen atoms in total. The number of rotatable bonds is 4. The summed E-state index contributed by atoms with van der Waals surface area (Å²) in [6, 6.07) is 9.43. The van der Waals surface area contributed by atoms with Crippen LogP contribution >= 0.6 is 0 Å². The average Bonchev–Trinajstić information content (AvgIpc) is 3.01. The predicted octanol–water partition coefficient (Wildman–Crippen LogP) is 2.62. The molecule has 0 bridgehead atoms. The van der Waals surface area contributed by atoms with Crippen molar-refractivity contribution in [1.29, 1.82) is 0 Å². The standard InChI is InChI=1S/C14H13N5O/c1-20-12-4-2-10(3-5-12)14-15-7-6-13(19-14)18-11-8-16-17-9-11/h2-9H,1H3,(H,16,17)(H,15,18,19). The minimum Gasteiger partial charge on any atom is -0.497 e. The van der Waals surface area contributed by atoms with Gasteiger partial charge in [0.15, 0.2) is 5.82 Å². The maximum Gasteiger partial charge on any atom is 0.161 e. The molecule has 0 aliphatic rings. The van der Waals surface area contributed by atoms with Gasteiger partial charge in [0.2, 0.25) is 0 Å². The van der Waals surface area contributed by atoms with Crippen LogP contribution in [0.2, 0.25) is 0 Å². The molecular weight excluding hydrogens is 254 g/mol. The van der Waals surface area contributed by atoms with E-state index in [9.17, 15) is 0 Å². The van der Waals surface area contributed by atoms with Crippen LogP contribution in [0.1, 0.15) is 0 Å². The molecule has 1 aromatic carbocycles. The zero-order chi connectivity index (χ0) is 13.8. The minimum atomic E-state index is 0.654. The molecule has 2 heterocycles. The van der Waals surface area contributed by atoms with E-state index in [2.05, 4.69) is 25.5 Å². The first-order chi connectivity index (χ1) is 9.85. The van der Waals surface area contributed by atoms with Crippen LogP contribution in [0.25, 0.3) is 11.4 Å². The molecule has 3 rings (SSSR count). The molecule has 20 heavy (non-hydrogen) atoms. The summed E-state index contributed by atoms with van der Waals surface area (Å²) >= 11 is 0. The molecule has 0 saturated heterocycles. The van der Waals surface area contributed by atoms with E-state index in [1.165, 1.54) is 0 Å². The van der Waals surface area contributed by atoms with Crippen molar-refractivity contribution in [1.82, 2.24) is 20.2 Å². The van der Waals surface area contributed by atoms with Gasteiger partial charge in [-0.3, -0.25) is 5.10 Å². The van der Waals surface area contributed by atoms with Crippen molar-refractivity contribution in [2.45, 2.75) is 0 Å². The van der Waals surface area contributed by atoms with Crippen molar-refractivity contribution in [3.8, 4) is 17.1 Å². The number of anilines is 2. The first-order valence-corrected chi connectivity index (χ1v) is 6.08. The minimum absolute atomic E-state index is 0.654. The molecule has 0 aliphatic carbocycles. The Labute approximate surface area is 115 Å². The normalized spacial score (nSPS) is 10.2. The average molecular weight is 267 g/mol. The summed E-state index contributed by atoms with van der Waals surface area (Å²) in [6.07, 6.45) is 5.17. The number of aromatic amines is 1. The van der Waals surface area contributed by atoms with E-state index in [-0.39, 0.29) is 0 Å². The first-order valence-electron chi connectivity index (χ1n) is 6.08. The Balaban J connectivity index is 1.86. The molecule has 0 saturated carbocycles. The van der Waals surface area contributed by atoms with Crippen LogP contribution in [0, 0.1) is 0 Å². The van der Waals surface area contributed by atoms with E-state index in [4.69, 9.17) is 4.74 Å². The monoisotopic (exact) mass is 267 g/mol. The van der Waals surface area contributed by atoms with Crippen LogP contribution in [0.4, 0.5) is 11.5 Å². The van der Waals surface area contributed by atoms with Crippen LogP contribution in [0.3, 0.4) is 0 Å². The summed E-state index contributed by atoms with van der Waals surface area (Å²) in [4.78, 5) is 8.75. The zero-order valence-electron chi connectivity index (χ0n) is 10.9. The van der Waals surface area contributed by atoms with Crippen molar-refractivity contribution < 1.29 is 4.74 Å². The van der Waals surface area contributed by atoms with Crippen LogP contribution in [0.15, 0.2) is 48.9 Å². The zero-order valence-corrected chi connectivity index (χ0v) is 10.9. The Morgan fingerprint density at radius 2 is 2.00 bits per heavy atom. The summed E-state index contributed by atoms with van der Waals surface area (Å²) < 4.78 is 5.14. The van der Waals surface area contributed by atoms with E-state index in [0.717, 1.165) is 17.0 Å². The lowest BCUT2D eigenvalue weighted by Crippen LogP contribution is -1.96. The van der Waals surface area contributed by atoms with E-state index in [1.807, 2.05) is 24.3 Å². The maximum absolute atomic E-state index is 5.14. The second-order valence-electron chi connectivity index (χ2n) is 4.11. The molecule has 100 valence electrons. The summed E-state index contributed by atoms with van der Waals surface area (Å²) in [7, 11) is 1.64. The number of benzene rings is 1. The quantitative estimate of drug-likeness (QED) is 0.760. The molecular formula is C14H13N5O. The van der Waals surface area contributed by atoms with Gasteiger partial charge >= 0.3 is 0 Å². The lowest BCUT2D eigenvalue weighted by atomic mass is 10.2. The van der Waals surface area contributed by atoms with E-state index in [0.29, 0.717) is 11.6 Å². The van der Waals surface area contributed by atoms with Crippen molar-refractivity contribution >= 4 is 11.5 Å². The van der Waals surface area contributed by atoms with Gasteiger partial charge in [0.05, 0.1) is 19.0 Å². The van der Waals surface area contributed by atoms with Gasteiger partial charge in [0.1, 0.15) is 11.6 Å². The molecule has 0 spiro atoms. The van der Waals surface area contributed by atoms with Gasteiger partial charge in [-0.25, -0.2) is 9.97 Å². The fourth-order valence-corrected chi connectivity index (χ4v) is 1.77. The van der Waals surface area contributed by atoms with Gasteiger partial charge < -0.3 is 10.1 Å². The van der Waals surface area contributed by atoms with Gasteiger partial charge in [0.25, 0.3) is 0 Å². The summed E-state index contributed by atoms with van der Waals surface area (Å²) in [5, 5.41) is 9.76. The highest BCUT2D eigenvalue weighted by atomic mass is 16.5. The molecule has 0 fully saturated rings. The summed E-state index contributed by atoms with van der Waals surface area (Å²) in [5.41, 5.74) is 1.78. The Kier molecular flexibility index (Phi) is 3.28. The molecule has 0 aliphatic heterocycles. The fraction of sp³-hybridized carbons (Fsp3) is 0.0714. The first kappa shape index (κ1) is 12.2. The maximum atomic E-state index is 5.14. The summed E-state index contributed by atoms with van der Waals surface area (Å²) in [5.74, 6) is 2.18. The van der Waals surface area contributed by atoms with Gasteiger partial charge in [-0.05, 0) is 30.3 Å². The smallest absolute Gasteiger partial charge is 0.161 e. The molecule has 6 heteroatoms. The number of nitrogens with one attached hydrogen (secondary N) is 2. The number of hydrogen-bond donors (Lipinski definition) is 2. The number of hydrogen-bond acceptors (Lipinski definition) is 5. The SMILES string of the molecule is COc1ccc(-c2nccc(Nc3cn[nH]c3)n2)cc1. The van der Waals surface area contributed by atoms with Gasteiger partial charge in [-0.1, -0.05) is 0 Å². The van der Waals surface area contributed by atoms with E-state index >= 15 is 0 Å². The Bertz CT molecular complexity index is 679. The fourth-order valence-electron chi connectivity index (χ4n) is 1.77. The van der Waals surface area contributed by atoms with Gasteiger partial charge in [-0.15, -0.1) is 0 Å². The molecule has 2 N–H and O–H groups in total. The van der Waals surface area contributed by atoms with Crippen LogP contribution in [-0.4, -0.2) is 27.3 Å². The van der Waals surface area contributed by atoms with Gasteiger partial charge in [-0.2, -0.15) is 5.10 Å². The van der Waals surface area contributed by atoms with E-state index in [1.54, 1.807) is 31.8 Å².